The van der Waals surface area contributed by atoms with E-state index in [1.54, 1.807) is 50.4 Å². The molecule has 6 nitrogen and oxygen atoms in total. The number of fused-ring (bicyclic) bond motifs is 1. The van der Waals surface area contributed by atoms with E-state index in [1.807, 2.05) is 0 Å². The summed E-state index contributed by atoms with van der Waals surface area (Å²) in [4.78, 5) is 24.0. The normalized spacial score (nSPS) is 15.8. The van der Waals surface area contributed by atoms with E-state index in [9.17, 15) is 9.59 Å². The molecule has 0 aromatic heterocycles. The summed E-state index contributed by atoms with van der Waals surface area (Å²) in [5, 5.41) is 5.54. The number of methoxy groups -OCH3 is 1. The van der Waals surface area contributed by atoms with Crippen LogP contribution in [0, 0.1) is 0 Å². The van der Waals surface area contributed by atoms with Crippen molar-refractivity contribution in [3.05, 3.63) is 46.4 Å². The van der Waals surface area contributed by atoms with Gasteiger partial charge >= 0.3 is 0 Å². The second kappa shape index (κ2) is 6.52. The second-order valence-electron chi connectivity index (χ2n) is 5.26. The number of anilines is 2. The Kier molecular flexibility index (Phi) is 4.44. The third kappa shape index (κ3) is 3.21. The molecular formula is C17H15BrN2O4. The van der Waals surface area contributed by atoms with Crippen LogP contribution in [0.25, 0.3) is 0 Å². The van der Waals surface area contributed by atoms with Gasteiger partial charge in [-0.2, -0.15) is 0 Å². The molecule has 0 radical (unpaired) electrons. The summed E-state index contributed by atoms with van der Waals surface area (Å²) in [5.74, 6) is 0.737. The Labute approximate surface area is 147 Å². The fourth-order valence-corrected chi connectivity index (χ4v) is 2.84. The molecule has 1 atom stereocenters. The summed E-state index contributed by atoms with van der Waals surface area (Å²) in [6.45, 7) is 1.68. The molecule has 1 aliphatic rings. The Morgan fingerprint density at radius 2 is 2.08 bits per heavy atom. The van der Waals surface area contributed by atoms with E-state index in [0.29, 0.717) is 32.9 Å². The largest absolute Gasteiger partial charge is 0.496 e. The van der Waals surface area contributed by atoms with Gasteiger partial charge in [0.1, 0.15) is 11.5 Å². The van der Waals surface area contributed by atoms with Gasteiger partial charge in [-0.25, -0.2) is 0 Å². The smallest absolute Gasteiger partial charge is 0.265 e. The number of carbonyl (C=O) groups is 2. The van der Waals surface area contributed by atoms with Crippen LogP contribution in [0.15, 0.2) is 40.9 Å². The molecule has 0 unspecified atom stereocenters. The molecule has 2 N–H and O–H groups in total. The fraction of sp³-hybridized carbons (Fsp3) is 0.176. The molecule has 0 aliphatic carbocycles. The van der Waals surface area contributed by atoms with Gasteiger partial charge in [0.05, 0.1) is 17.3 Å². The predicted octanol–water partition coefficient (Wildman–Crippen LogP) is 3.43. The van der Waals surface area contributed by atoms with Gasteiger partial charge < -0.3 is 20.1 Å². The van der Waals surface area contributed by atoms with Gasteiger partial charge in [0.15, 0.2) is 6.10 Å². The molecule has 24 heavy (non-hydrogen) atoms. The van der Waals surface area contributed by atoms with E-state index < -0.39 is 6.10 Å². The minimum atomic E-state index is -0.533. The van der Waals surface area contributed by atoms with Gasteiger partial charge in [0.2, 0.25) is 0 Å². The topological polar surface area (TPSA) is 76.7 Å². The Balaban J connectivity index is 1.79. The third-order valence-electron chi connectivity index (χ3n) is 3.58. The number of rotatable bonds is 3. The lowest BCUT2D eigenvalue weighted by atomic mass is 10.1. The monoisotopic (exact) mass is 390 g/mol. The van der Waals surface area contributed by atoms with Crippen LogP contribution in [0.4, 0.5) is 11.4 Å². The van der Waals surface area contributed by atoms with Crippen molar-refractivity contribution in [2.24, 2.45) is 0 Å². The molecule has 1 aliphatic heterocycles. The van der Waals surface area contributed by atoms with Gasteiger partial charge in [0.25, 0.3) is 11.8 Å². The molecule has 7 heteroatoms. The van der Waals surface area contributed by atoms with Crippen LogP contribution in [0.1, 0.15) is 17.3 Å². The predicted molar refractivity (Wildman–Crippen MR) is 93.8 cm³/mol. The first-order valence-corrected chi connectivity index (χ1v) is 8.03. The summed E-state index contributed by atoms with van der Waals surface area (Å²) in [6, 6.07) is 10.2. The number of carbonyl (C=O) groups excluding carboxylic acids is 2. The van der Waals surface area contributed by atoms with Crippen molar-refractivity contribution in [3.8, 4) is 11.5 Å². The molecule has 2 aromatic rings. The van der Waals surface area contributed by atoms with E-state index in [2.05, 4.69) is 26.6 Å². The first-order valence-electron chi connectivity index (χ1n) is 7.24. The molecule has 2 aromatic carbocycles. The summed E-state index contributed by atoms with van der Waals surface area (Å²) in [6.07, 6.45) is -0.533. The van der Waals surface area contributed by atoms with Crippen LogP contribution in [-0.4, -0.2) is 25.0 Å². The number of nitrogens with one attached hydrogen (secondary N) is 2. The van der Waals surface area contributed by atoms with E-state index in [0.717, 1.165) is 0 Å². The molecule has 0 fully saturated rings. The standard InChI is InChI=1S/C17H15BrN2O4/c1-9-16(21)20-13-8-11(4-6-15(13)24-9)19-17(22)10-3-5-14(23-2)12(18)7-10/h3-9H,1-2H3,(H,19,22)(H,20,21)/t9-/m0/s1. The van der Waals surface area contributed by atoms with Gasteiger partial charge in [-0.15, -0.1) is 0 Å². The Morgan fingerprint density at radius 3 is 2.79 bits per heavy atom. The number of halogens is 1. The SMILES string of the molecule is COc1ccc(C(=O)Nc2ccc3c(c2)NC(=O)[C@H](C)O3)cc1Br. The van der Waals surface area contributed by atoms with Gasteiger partial charge in [0, 0.05) is 11.3 Å². The molecule has 3 rings (SSSR count). The van der Waals surface area contributed by atoms with Crippen molar-refractivity contribution in [2.75, 3.05) is 17.7 Å². The molecule has 124 valence electrons. The highest BCUT2D eigenvalue weighted by atomic mass is 79.9. The maximum atomic E-state index is 12.4. The highest BCUT2D eigenvalue weighted by Crippen LogP contribution is 2.32. The zero-order valence-electron chi connectivity index (χ0n) is 13.1. The lowest BCUT2D eigenvalue weighted by Crippen LogP contribution is -2.34. The maximum Gasteiger partial charge on any atom is 0.265 e. The highest BCUT2D eigenvalue weighted by Gasteiger charge is 2.23. The van der Waals surface area contributed by atoms with E-state index >= 15 is 0 Å². The van der Waals surface area contributed by atoms with Crippen LogP contribution in [0.3, 0.4) is 0 Å². The Hall–Kier alpha value is -2.54. The molecule has 1 heterocycles. The zero-order chi connectivity index (χ0) is 17.3. The van der Waals surface area contributed by atoms with E-state index in [4.69, 9.17) is 9.47 Å². The maximum absolute atomic E-state index is 12.4. The quantitative estimate of drug-likeness (QED) is 0.841. The summed E-state index contributed by atoms with van der Waals surface area (Å²) in [5.41, 5.74) is 1.57. The molecule has 2 amide bonds. The fourth-order valence-electron chi connectivity index (χ4n) is 2.30. The second-order valence-corrected chi connectivity index (χ2v) is 6.12. The van der Waals surface area contributed by atoms with Crippen LogP contribution in [0.2, 0.25) is 0 Å². The lowest BCUT2D eigenvalue weighted by molar-refractivity contribution is -0.122. The average molecular weight is 391 g/mol. The van der Waals surface area contributed by atoms with Crippen molar-refractivity contribution in [2.45, 2.75) is 13.0 Å². The van der Waals surface area contributed by atoms with Crippen molar-refractivity contribution in [1.82, 2.24) is 0 Å². The summed E-state index contributed by atoms with van der Waals surface area (Å²) < 4.78 is 11.3. The first kappa shape index (κ1) is 16.3. The van der Waals surface area contributed by atoms with Crippen molar-refractivity contribution >= 4 is 39.1 Å². The third-order valence-corrected chi connectivity index (χ3v) is 4.20. The highest BCUT2D eigenvalue weighted by molar-refractivity contribution is 9.10. The lowest BCUT2D eigenvalue weighted by Gasteiger charge is -2.23. The molecule has 0 saturated carbocycles. The van der Waals surface area contributed by atoms with Gasteiger partial charge in [-0.3, -0.25) is 9.59 Å². The number of hydrogen-bond acceptors (Lipinski definition) is 4. The van der Waals surface area contributed by atoms with Crippen LogP contribution in [0.5, 0.6) is 11.5 Å². The van der Waals surface area contributed by atoms with Gasteiger partial charge in [-0.05, 0) is 59.3 Å². The molecule has 0 bridgehead atoms. The minimum absolute atomic E-state index is 0.218. The summed E-state index contributed by atoms with van der Waals surface area (Å²) in [7, 11) is 1.56. The Bertz CT molecular complexity index is 822. The molecule has 0 saturated heterocycles. The number of ether oxygens (including phenoxy) is 2. The van der Waals surface area contributed by atoms with Crippen LogP contribution in [-0.2, 0) is 4.79 Å². The van der Waals surface area contributed by atoms with E-state index in [1.165, 1.54) is 0 Å². The van der Waals surface area contributed by atoms with Gasteiger partial charge in [-0.1, -0.05) is 0 Å². The average Bonchev–Trinajstić information content (AvgIpc) is 2.56. The van der Waals surface area contributed by atoms with Crippen molar-refractivity contribution in [1.29, 1.82) is 0 Å². The number of benzene rings is 2. The van der Waals surface area contributed by atoms with Crippen LogP contribution < -0.4 is 20.1 Å². The number of amides is 2. The first-order chi connectivity index (χ1) is 11.5. The zero-order valence-corrected chi connectivity index (χ0v) is 14.6. The summed E-state index contributed by atoms with van der Waals surface area (Å²) >= 11 is 3.35. The van der Waals surface area contributed by atoms with Crippen molar-refractivity contribution < 1.29 is 19.1 Å². The van der Waals surface area contributed by atoms with Crippen LogP contribution >= 0.6 is 15.9 Å². The van der Waals surface area contributed by atoms with E-state index in [-0.39, 0.29) is 11.8 Å². The Morgan fingerprint density at radius 1 is 1.29 bits per heavy atom. The number of hydrogen-bond donors (Lipinski definition) is 2. The van der Waals surface area contributed by atoms with Crippen molar-refractivity contribution in [3.63, 3.8) is 0 Å². The molecular weight excluding hydrogens is 376 g/mol. The molecule has 0 spiro atoms. The minimum Gasteiger partial charge on any atom is -0.496 e.